The molecule has 0 radical (unpaired) electrons. The van der Waals surface area contributed by atoms with E-state index in [4.69, 9.17) is 0 Å². The quantitative estimate of drug-likeness (QED) is 0.210. The van der Waals surface area contributed by atoms with Gasteiger partial charge in [-0.1, -0.05) is 161 Å². The van der Waals surface area contributed by atoms with Gasteiger partial charge in [0.15, 0.2) is 0 Å². The minimum Gasteiger partial charge on any atom is -0.281 e. The fraction of sp³-hybridized carbons (Fsp3) is 0.189. The van der Waals surface area contributed by atoms with Gasteiger partial charge in [0.05, 0.1) is 0 Å². The van der Waals surface area contributed by atoms with Crippen LogP contribution in [-0.4, -0.2) is 0 Å². The first-order chi connectivity index (χ1) is 18.8. The van der Waals surface area contributed by atoms with Gasteiger partial charge >= 0.3 is 0 Å². The first-order valence-corrected chi connectivity index (χ1v) is 14.0. The van der Waals surface area contributed by atoms with E-state index < -0.39 is 0 Å². The van der Waals surface area contributed by atoms with Crippen LogP contribution in [0.25, 0.3) is 22.3 Å². The maximum atomic E-state index is 4.19. The predicted molar refractivity (Wildman–Crippen MR) is 172 cm³/mol. The van der Waals surface area contributed by atoms with Gasteiger partial charge in [-0.25, -0.2) is 0 Å². The molecule has 0 amide bonds. The van der Waals surface area contributed by atoms with Crippen LogP contribution in [0, 0.1) is 6.92 Å². The molecule has 39 heavy (non-hydrogen) atoms. The molecule has 2 N–H and O–H groups in total. The lowest BCUT2D eigenvalue weighted by Gasteiger charge is -2.27. The van der Waals surface area contributed by atoms with Crippen molar-refractivity contribution in [3.8, 4) is 22.3 Å². The van der Waals surface area contributed by atoms with Crippen molar-refractivity contribution in [1.82, 2.24) is 0 Å². The number of benzene rings is 5. The summed E-state index contributed by atoms with van der Waals surface area (Å²) in [6, 6.07) is 46.6. The van der Waals surface area contributed by atoms with Crippen LogP contribution < -0.4 is 5.14 Å². The van der Waals surface area contributed by atoms with Crippen molar-refractivity contribution in [2.45, 2.75) is 45.4 Å². The van der Waals surface area contributed by atoms with Crippen molar-refractivity contribution in [3.63, 3.8) is 0 Å². The van der Waals surface area contributed by atoms with Crippen LogP contribution in [0.3, 0.4) is 0 Å². The second kappa shape index (κ2) is 12.1. The Labute approximate surface area is 240 Å². The Morgan fingerprint density at radius 2 is 0.795 bits per heavy atom. The van der Waals surface area contributed by atoms with E-state index in [0.29, 0.717) is 0 Å². The molecule has 0 spiro atoms. The van der Waals surface area contributed by atoms with Crippen LogP contribution in [0.2, 0.25) is 0 Å². The highest BCUT2D eigenvalue weighted by molar-refractivity contribution is 7.77. The van der Waals surface area contributed by atoms with Crippen molar-refractivity contribution in [2.75, 3.05) is 0 Å². The van der Waals surface area contributed by atoms with Gasteiger partial charge in [-0.2, -0.15) is 0 Å². The van der Waals surface area contributed by atoms with Crippen LogP contribution in [0.1, 0.15) is 55.5 Å². The van der Waals surface area contributed by atoms with Crippen molar-refractivity contribution in [2.24, 2.45) is 5.14 Å². The summed E-state index contributed by atoms with van der Waals surface area (Å²) in [5, 5.41) is 4.19. The van der Waals surface area contributed by atoms with E-state index in [1.54, 1.807) is 0 Å². The number of aryl methyl sites for hydroxylation is 1. The van der Waals surface area contributed by atoms with Crippen molar-refractivity contribution < 1.29 is 0 Å². The van der Waals surface area contributed by atoms with Gasteiger partial charge in [0.2, 0.25) is 0 Å². The third-order valence-corrected chi connectivity index (χ3v) is 8.00. The molecule has 0 aliphatic rings. The fourth-order valence-corrected chi connectivity index (χ4v) is 5.32. The lowest BCUT2D eigenvalue weighted by atomic mass is 9.77. The van der Waals surface area contributed by atoms with Gasteiger partial charge in [0, 0.05) is 10.8 Å². The first kappa shape index (κ1) is 28.4. The smallest absolute Gasteiger partial charge is 0.0146 e. The minimum atomic E-state index is -0.0450. The summed E-state index contributed by atoms with van der Waals surface area (Å²) in [6.45, 7) is 11.4. The summed E-state index contributed by atoms with van der Waals surface area (Å²) < 4.78 is 0. The van der Waals surface area contributed by atoms with E-state index >= 15 is 0 Å². The van der Waals surface area contributed by atoms with E-state index in [1.807, 2.05) is 0 Å². The summed E-state index contributed by atoms with van der Waals surface area (Å²) in [7, 11) is 0. The highest BCUT2D eigenvalue weighted by Crippen LogP contribution is 2.38. The Kier molecular flexibility index (Phi) is 8.80. The molecule has 2 heteroatoms. The van der Waals surface area contributed by atoms with Gasteiger partial charge in [0.1, 0.15) is 0 Å². The van der Waals surface area contributed by atoms with Crippen LogP contribution in [0.15, 0.2) is 127 Å². The molecule has 0 fully saturated rings. The molecule has 0 heterocycles. The molecule has 0 saturated heterocycles. The molecule has 0 saturated carbocycles. The van der Waals surface area contributed by atoms with Gasteiger partial charge in [-0.3, -0.25) is 5.14 Å². The molecule has 1 nitrogen and oxygen atoms in total. The monoisotopic (exact) mass is 529 g/mol. The first-order valence-electron chi connectivity index (χ1n) is 13.5. The molecular formula is C37H39NS. The maximum Gasteiger partial charge on any atom is 0.0146 e. The Bertz CT molecular complexity index is 1480. The number of nitrogens with two attached hydrogens (primary N) is 1. The predicted octanol–water partition coefficient (Wildman–Crippen LogP) is 9.77. The highest BCUT2D eigenvalue weighted by Gasteiger charge is 2.24. The zero-order valence-electron chi connectivity index (χ0n) is 23.6. The second-order valence-electron chi connectivity index (χ2n) is 11.2. The molecule has 0 aliphatic heterocycles. The Balaban J connectivity index is 0.00000172. The average molecular weight is 530 g/mol. The molecular weight excluding hydrogens is 490 g/mol. The summed E-state index contributed by atoms with van der Waals surface area (Å²) in [6.07, 6.45) is 0. The number of hydrogen-bond acceptors (Lipinski definition) is 2. The van der Waals surface area contributed by atoms with E-state index in [0.717, 1.165) is 0 Å². The van der Waals surface area contributed by atoms with E-state index in [2.05, 4.69) is 180 Å². The van der Waals surface area contributed by atoms with Crippen LogP contribution in [0.5, 0.6) is 0 Å². The number of hydrogen-bond donors (Lipinski definition) is 2. The van der Waals surface area contributed by atoms with Gasteiger partial charge < -0.3 is 0 Å². The van der Waals surface area contributed by atoms with Crippen LogP contribution >= 0.6 is 12.8 Å². The molecule has 5 aromatic rings. The highest BCUT2D eigenvalue weighted by atomic mass is 32.1. The van der Waals surface area contributed by atoms with Crippen molar-refractivity contribution >= 4 is 12.8 Å². The summed E-state index contributed by atoms with van der Waals surface area (Å²) in [4.78, 5) is 0. The second-order valence-corrected chi connectivity index (χ2v) is 11.2. The zero-order valence-corrected chi connectivity index (χ0v) is 24.5. The van der Waals surface area contributed by atoms with E-state index in [9.17, 15) is 0 Å². The lowest BCUT2D eigenvalue weighted by molar-refractivity contribution is 0.641. The molecule has 0 atom stereocenters. The topological polar surface area (TPSA) is 26.0 Å². The molecule has 5 rings (SSSR count). The average Bonchev–Trinajstić information content (AvgIpc) is 2.99. The molecule has 5 aromatic carbocycles. The molecule has 198 valence electrons. The zero-order chi connectivity index (χ0) is 28.0. The molecule has 0 bridgehead atoms. The van der Waals surface area contributed by atoms with Gasteiger partial charge in [-0.15, -0.1) is 12.8 Å². The molecule has 0 unspecified atom stereocenters. The SMILES string of the molecule is Cc1ccc(-c2ccc(C(C)(C)c3ccccc3)cc2)c(-c2ccc(C(C)(C)c3ccccc3)cc2)c1.NS. The largest absolute Gasteiger partial charge is 0.281 e. The van der Waals surface area contributed by atoms with Crippen molar-refractivity contribution in [3.05, 3.63) is 155 Å². The fourth-order valence-electron chi connectivity index (χ4n) is 5.32. The maximum absolute atomic E-state index is 4.19. The minimum absolute atomic E-state index is 0.0444. The molecule has 0 aromatic heterocycles. The molecule has 0 aliphatic carbocycles. The summed E-state index contributed by atoms with van der Waals surface area (Å²) in [5.41, 5.74) is 11.5. The van der Waals surface area contributed by atoms with Crippen molar-refractivity contribution in [1.29, 1.82) is 0 Å². The summed E-state index contributed by atoms with van der Waals surface area (Å²) >= 11 is 3.03. The van der Waals surface area contributed by atoms with Gasteiger partial charge in [0.25, 0.3) is 0 Å². The van der Waals surface area contributed by atoms with E-state index in [1.165, 1.54) is 50.1 Å². The normalized spacial score (nSPS) is 11.5. The number of rotatable bonds is 6. The Hall–Kier alpha value is -3.59. The number of thiol groups is 1. The van der Waals surface area contributed by atoms with Crippen LogP contribution in [-0.2, 0) is 10.8 Å². The van der Waals surface area contributed by atoms with E-state index in [-0.39, 0.29) is 10.8 Å². The third-order valence-electron chi connectivity index (χ3n) is 8.00. The standard InChI is InChI=1S/C37H36.H3NS/c1-27-16-25-34(28-17-21-32(22-18-28)36(2,3)30-12-8-6-9-13-30)35(26-27)29-19-23-33(24-20-29)37(4,5)31-14-10-7-11-15-31;1-2/h6-26H,1-5H3;2H,1H2. The lowest BCUT2D eigenvalue weighted by Crippen LogP contribution is -2.18. The van der Waals surface area contributed by atoms with Gasteiger partial charge in [-0.05, 0) is 51.4 Å². The Morgan fingerprint density at radius 1 is 0.436 bits per heavy atom. The third kappa shape index (κ3) is 6.03. The summed E-state index contributed by atoms with van der Waals surface area (Å²) in [5.74, 6) is 0. The Morgan fingerprint density at radius 3 is 1.21 bits per heavy atom. The van der Waals surface area contributed by atoms with Crippen LogP contribution in [0.4, 0.5) is 0 Å².